The molecule has 12 heteroatoms. The number of anilines is 1. The zero-order valence-electron chi connectivity index (χ0n) is 18.9. The Hall–Kier alpha value is -4.58. The predicted molar refractivity (Wildman–Crippen MR) is 126 cm³/mol. The van der Waals surface area contributed by atoms with E-state index in [2.05, 4.69) is 25.4 Å². The molecule has 0 saturated heterocycles. The Bertz CT molecular complexity index is 1390. The summed E-state index contributed by atoms with van der Waals surface area (Å²) in [6.07, 6.45) is 2.99. The zero-order chi connectivity index (χ0) is 24.9. The van der Waals surface area contributed by atoms with Crippen molar-refractivity contribution in [2.45, 2.75) is 12.6 Å². The molecule has 1 unspecified atom stereocenters. The molecule has 1 atom stereocenters. The van der Waals surface area contributed by atoms with E-state index in [0.717, 1.165) is 4.68 Å². The van der Waals surface area contributed by atoms with Crippen molar-refractivity contribution < 1.29 is 13.9 Å². The maximum absolute atomic E-state index is 14.8. The number of amidine groups is 1. The number of nitrogens with two attached hydrogens (primary N) is 1. The van der Waals surface area contributed by atoms with Gasteiger partial charge in [-0.3, -0.25) is 10.4 Å². The minimum Gasteiger partial charge on any atom is -0.494 e. The van der Waals surface area contributed by atoms with E-state index >= 15 is 0 Å². The highest BCUT2D eigenvalue weighted by molar-refractivity contribution is 5.95. The van der Waals surface area contributed by atoms with E-state index in [1.54, 1.807) is 36.4 Å². The van der Waals surface area contributed by atoms with Crippen LogP contribution in [0.15, 0.2) is 59.7 Å². The SMILES string of the molecule is COCc1cc(C(Nc2ccc(C(=N)N)cc2)c2nn(-c3ncccn3)c(=O)[nH]2)cc(OC)c1F. The molecule has 0 aliphatic heterocycles. The van der Waals surface area contributed by atoms with Crippen molar-refractivity contribution in [3.63, 3.8) is 0 Å². The van der Waals surface area contributed by atoms with Crippen LogP contribution in [0.25, 0.3) is 5.95 Å². The molecule has 2 heterocycles. The van der Waals surface area contributed by atoms with E-state index in [-0.39, 0.29) is 35.5 Å². The summed E-state index contributed by atoms with van der Waals surface area (Å²) in [5.74, 6) is -0.260. The first kappa shape index (κ1) is 23.6. The number of nitrogen functional groups attached to an aromatic ring is 1. The van der Waals surface area contributed by atoms with Gasteiger partial charge in [-0.15, -0.1) is 9.78 Å². The second-order valence-electron chi connectivity index (χ2n) is 7.47. The number of nitrogens with zero attached hydrogens (tertiary/aromatic N) is 4. The van der Waals surface area contributed by atoms with E-state index < -0.39 is 17.5 Å². The fraction of sp³-hybridized carbons (Fsp3) is 0.174. The van der Waals surface area contributed by atoms with Crippen LogP contribution in [0.1, 0.15) is 28.6 Å². The van der Waals surface area contributed by atoms with E-state index in [0.29, 0.717) is 16.8 Å². The summed E-state index contributed by atoms with van der Waals surface area (Å²) in [7, 11) is 2.83. The highest BCUT2D eigenvalue weighted by Gasteiger charge is 2.24. The van der Waals surface area contributed by atoms with E-state index in [9.17, 15) is 9.18 Å². The lowest BCUT2D eigenvalue weighted by molar-refractivity contribution is 0.180. The maximum Gasteiger partial charge on any atom is 0.350 e. The van der Waals surface area contributed by atoms with Crippen LogP contribution < -0.4 is 21.5 Å². The summed E-state index contributed by atoms with van der Waals surface area (Å²) < 4.78 is 26.2. The topological polar surface area (TPSA) is 157 Å². The molecule has 180 valence electrons. The van der Waals surface area contributed by atoms with E-state index in [1.807, 2.05) is 0 Å². The molecule has 0 saturated carbocycles. The number of benzene rings is 2. The second kappa shape index (κ2) is 10.1. The van der Waals surface area contributed by atoms with Crippen LogP contribution in [0.2, 0.25) is 0 Å². The number of methoxy groups -OCH3 is 2. The number of aromatic nitrogens is 5. The van der Waals surface area contributed by atoms with Crippen molar-refractivity contribution in [3.05, 3.63) is 93.7 Å². The zero-order valence-corrected chi connectivity index (χ0v) is 18.9. The molecule has 0 fully saturated rings. The average Bonchev–Trinajstić information content (AvgIpc) is 3.26. The van der Waals surface area contributed by atoms with Crippen molar-refractivity contribution in [1.29, 1.82) is 5.41 Å². The summed E-state index contributed by atoms with van der Waals surface area (Å²) in [5, 5.41) is 15.3. The summed E-state index contributed by atoms with van der Waals surface area (Å²) in [4.78, 5) is 23.6. The molecule has 11 nitrogen and oxygen atoms in total. The first-order chi connectivity index (χ1) is 16.9. The standard InChI is InChI=1S/C23H23FN8O3/c1-34-12-15-10-14(11-17(35-2)18(15)24)19(29-16-6-4-13(5-7-16)20(25)26)21-30-23(33)32(31-21)22-27-8-3-9-28-22/h3-11,19,29H,12H2,1-2H3,(H3,25,26)(H,30,31,33). The number of hydrogen-bond acceptors (Lipinski definition) is 8. The van der Waals surface area contributed by atoms with E-state index in [1.165, 1.54) is 32.7 Å². The number of H-pyrrole nitrogens is 1. The van der Waals surface area contributed by atoms with Gasteiger partial charge in [0.1, 0.15) is 11.9 Å². The molecular formula is C23H23FN8O3. The van der Waals surface area contributed by atoms with Gasteiger partial charge >= 0.3 is 5.69 Å². The Morgan fingerprint density at radius 3 is 2.57 bits per heavy atom. The molecule has 0 amide bonds. The molecule has 35 heavy (non-hydrogen) atoms. The average molecular weight is 478 g/mol. The van der Waals surface area contributed by atoms with Gasteiger partial charge in [0.05, 0.1) is 13.7 Å². The van der Waals surface area contributed by atoms with Gasteiger partial charge < -0.3 is 20.5 Å². The monoisotopic (exact) mass is 478 g/mol. The predicted octanol–water partition coefficient (Wildman–Crippen LogP) is 2.13. The third-order valence-corrected chi connectivity index (χ3v) is 5.15. The Kier molecular flexibility index (Phi) is 6.83. The Balaban J connectivity index is 1.83. The molecule has 0 aliphatic carbocycles. The summed E-state index contributed by atoms with van der Waals surface area (Å²) in [5.41, 5.74) is 7.03. The highest BCUT2D eigenvalue weighted by Crippen LogP contribution is 2.31. The quantitative estimate of drug-likeness (QED) is 0.210. The smallest absolute Gasteiger partial charge is 0.350 e. The highest BCUT2D eigenvalue weighted by atomic mass is 19.1. The number of nitrogens with one attached hydrogen (secondary N) is 3. The van der Waals surface area contributed by atoms with Gasteiger partial charge in [0.25, 0.3) is 5.95 Å². The second-order valence-corrected chi connectivity index (χ2v) is 7.47. The first-order valence-corrected chi connectivity index (χ1v) is 10.4. The molecule has 2 aromatic carbocycles. The Morgan fingerprint density at radius 2 is 1.94 bits per heavy atom. The van der Waals surface area contributed by atoms with Gasteiger partial charge in [-0.2, -0.15) is 0 Å². The van der Waals surface area contributed by atoms with Crippen molar-refractivity contribution in [2.75, 3.05) is 19.5 Å². The molecule has 0 spiro atoms. The summed E-state index contributed by atoms with van der Waals surface area (Å²) >= 11 is 0. The van der Waals surface area contributed by atoms with Crippen LogP contribution in [0, 0.1) is 11.2 Å². The van der Waals surface area contributed by atoms with Crippen molar-refractivity contribution in [3.8, 4) is 11.7 Å². The molecule has 2 aromatic heterocycles. The van der Waals surface area contributed by atoms with E-state index in [4.69, 9.17) is 20.6 Å². The lowest BCUT2D eigenvalue weighted by Gasteiger charge is -2.20. The molecule has 4 rings (SSSR count). The van der Waals surface area contributed by atoms with Gasteiger partial charge in [-0.05, 0) is 48.0 Å². The molecule has 4 aromatic rings. The van der Waals surface area contributed by atoms with Gasteiger partial charge in [0, 0.05) is 36.3 Å². The fourth-order valence-corrected chi connectivity index (χ4v) is 3.48. The summed E-state index contributed by atoms with van der Waals surface area (Å²) in [6, 6.07) is 10.9. The number of aromatic amines is 1. The largest absolute Gasteiger partial charge is 0.494 e. The minimum atomic E-state index is -0.735. The number of hydrogen-bond donors (Lipinski definition) is 4. The summed E-state index contributed by atoms with van der Waals surface area (Å²) in [6.45, 7) is 0.0128. The van der Waals surface area contributed by atoms with Crippen molar-refractivity contribution in [2.24, 2.45) is 5.73 Å². The van der Waals surface area contributed by atoms with Gasteiger partial charge in [0.15, 0.2) is 17.4 Å². The van der Waals surface area contributed by atoms with Gasteiger partial charge in [-0.1, -0.05) is 0 Å². The maximum atomic E-state index is 14.8. The number of halogens is 1. The van der Waals surface area contributed by atoms with Crippen molar-refractivity contribution in [1.82, 2.24) is 24.7 Å². The molecule has 5 N–H and O–H groups in total. The van der Waals surface area contributed by atoms with Crippen LogP contribution in [0.5, 0.6) is 5.75 Å². The number of ether oxygens (including phenoxy) is 2. The van der Waals surface area contributed by atoms with Crippen LogP contribution >= 0.6 is 0 Å². The molecular weight excluding hydrogens is 455 g/mol. The van der Waals surface area contributed by atoms with Gasteiger partial charge in [-0.25, -0.2) is 19.2 Å². The van der Waals surface area contributed by atoms with Crippen LogP contribution in [-0.4, -0.2) is 44.8 Å². The Labute approximate surface area is 199 Å². The fourth-order valence-electron chi connectivity index (χ4n) is 3.48. The van der Waals surface area contributed by atoms with Crippen LogP contribution in [0.4, 0.5) is 10.1 Å². The minimum absolute atomic E-state index is 0.0128. The normalized spacial score (nSPS) is 11.7. The third kappa shape index (κ3) is 5.01. The van der Waals surface area contributed by atoms with Crippen molar-refractivity contribution >= 4 is 11.5 Å². The van der Waals surface area contributed by atoms with Crippen LogP contribution in [-0.2, 0) is 11.3 Å². The third-order valence-electron chi connectivity index (χ3n) is 5.15. The number of rotatable bonds is 9. The first-order valence-electron chi connectivity index (χ1n) is 10.4. The van der Waals surface area contributed by atoms with Crippen LogP contribution in [0.3, 0.4) is 0 Å². The Morgan fingerprint density at radius 1 is 1.23 bits per heavy atom. The molecule has 0 bridgehead atoms. The lowest BCUT2D eigenvalue weighted by atomic mass is 10.0. The lowest BCUT2D eigenvalue weighted by Crippen LogP contribution is -2.18. The molecule has 0 aliphatic rings. The molecule has 0 radical (unpaired) electrons. The van der Waals surface area contributed by atoms with Gasteiger partial charge in [0.2, 0.25) is 0 Å².